The molecule has 0 rings (SSSR count). The van der Waals surface area contributed by atoms with Crippen LogP contribution in [0.15, 0.2) is 12.2 Å². The zero-order chi connectivity index (χ0) is 15.1. The third kappa shape index (κ3) is 19.7. The Morgan fingerprint density at radius 3 is 1.81 bits per heavy atom. The summed E-state index contributed by atoms with van der Waals surface area (Å²) >= 11 is 0. The molecule has 0 aromatic heterocycles. The molecule has 21 heavy (non-hydrogen) atoms. The molecule has 0 radical (unpaired) electrons. The van der Waals surface area contributed by atoms with Gasteiger partial charge in [0.1, 0.15) is 0 Å². The van der Waals surface area contributed by atoms with Crippen LogP contribution in [0, 0.1) is 0 Å². The van der Waals surface area contributed by atoms with Crippen LogP contribution in [-0.2, 0) is 14.3 Å². The smallest absolute Gasteiger partial charge is 0.545 e. The molecule has 116 valence electrons. The van der Waals surface area contributed by atoms with E-state index in [1.54, 1.807) is 0 Å². The van der Waals surface area contributed by atoms with Gasteiger partial charge in [0.25, 0.3) is 0 Å². The Bertz CT molecular complexity index is 290. The average Bonchev–Trinajstić information content (AvgIpc) is 2.42. The van der Waals surface area contributed by atoms with Gasteiger partial charge < -0.3 is 14.6 Å². The van der Waals surface area contributed by atoms with E-state index in [-0.39, 0.29) is 29.6 Å². The molecule has 0 fully saturated rings. The van der Waals surface area contributed by atoms with Gasteiger partial charge in [0.05, 0.1) is 12.6 Å². The molecule has 0 aliphatic rings. The summed E-state index contributed by atoms with van der Waals surface area (Å²) in [6, 6.07) is 0. The first-order valence-corrected chi connectivity index (χ1v) is 7.72. The van der Waals surface area contributed by atoms with Crippen molar-refractivity contribution in [2.45, 2.75) is 71.1 Å². The molecule has 0 heterocycles. The predicted molar refractivity (Wildman–Crippen MR) is 77.0 cm³/mol. The van der Waals surface area contributed by atoms with Crippen LogP contribution in [0.1, 0.15) is 71.1 Å². The minimum Gasteiger partial charge on any atom is -0.545 e. The summed E-state index contributed by atoms with van der Waals surface area (Å²) < 4.78 is 4.85. The van der Waals surface area contributed by atoms with Gasteiger partial charge in [-0.2, -0.15) is 0 Å². The Morgan fingerprint density at radius 1 is 0.857 bits per heavy atom. The second-order valence-corrected chi connectivity index (χ2v) is 5.00. The molecule has 0 amide bonds. The zero-order valence-electron chi connectivity index (χ0n) is 13.6. The molecule has 0 bridgehead atoms. The molecule has 0 spiro atoms. The average molecular weight is 306 g/mol. The second kappa shape index (κ2) is 17.7. The molecule has 0 N–H and O–H groups in total. The van der Waals surface area contributed by atoms with Gasteiger partial charge in [-0.1, -0.05) is 64.7 Å². The molecule has 4 nitrogen and oxygen atoms in total. The molecular formula is C16H27NaO4. The van der Waals surface area contributed by atoms with Crippen molar-refractivity contribution in [2.75, 3.05) is 6.61 Å². The monoisotopic (exact) mass is 306 g/mol. The normalized spacial score (nSPS) is 10.3. The van der Waals surface area contributed by atoms with E-state index in [4.69, 9.17) is 4.74 Å². The van der Waals surface area contributed by atoms with Gasteiger partial charge in [-0.3, -0.25) is 0 Å². The van der Waals surface area contributed by atoms with Crippen molar-refractivity contribution in [1.82, 2.24) is 0 Å². The first kappa shape index (κ1) is 23.0. The molecule has 0 saturated carbocycles. The zero-order valence-corrected chi connectivity index (χ0v) is 15.6. The van der Waals surface area contributed by atoms with Gasteiger partial charge >= 0.3 is 35.5 Å². The van der Waals surface area contributed by atoms with Crippen LogP contribution < -0.4 is 34.7 Å². The van der Waals surface area contributed by atoms with Gasteiger partial charge in [-0.05, 0) is 12.5 Å². The predicted octanol–water partition coefficient (Wildman–Crippen LogP) is -0.239. The summed E-state index contributed by atoms with van der Waals surface area (Å²) in [6.45, 7) is 2.58. The third-order valence-corrected chi connectivity index (χ3v) is 3.10. The maximum Gasteiger partial charge on any atom is 1.00 e. The van der Waals surface area contributed by atoms with Crippen LogP contribution in [-0.4, -0.2) is 18.5 Å². The molecule has 0 aromatic carbocycles. The van der Waals surface area contributed by atoms with Crippen LogP contribution >= 0.6 is 0 Å². The Kier molecular flexibility index (Phi) is 19.4. The molecule has 5 heteroatoms. The van der Waals surface area contributed by atoms with Crippen LogP contribution in [0.5, 0.6) is 0 Å². The van der Waals surface area contributed by atoms with E-state index in [9.17, 15) is 14.7 Å². The van der Waals surface area contributed by atoms with Gasteiger partial charge in [0.2, 0.25) is 0 Å². The van der Waals surface area contributed by atoms with Gasteiger partial charge in [-0.15, -0.1) is 0 Å². The van der Waals surface area contributed by atoms with E-state index in [0.29, 0.717) is 12.7 Å². The van der Waals surface area contributed by atoms with Crippen molar-refractivity contribution in [3.63, 3.8) is 0 Å². The number of ether oxygens (including phenoxy) is 1. The van der Waals surface area contributed by atoms with E-state index >= 15 is 0 Å². The summed E-state index contributed by atoms with van der Waals surface area (Å²) in [5.41, 5.74) is 0. The number of carboxylic acid groups (broad SMARTS) is 1. The van der Waals surface area contributed by atoms with Crippen molar-refractivity contribution >= 4 is 11.9 Å². The Labute approximate surface area is 150 Å². The number of hydrogen-bond acceptors (Lipinski definition) is 4. The summed E-state index contributed by atoms with van der Waals surface area (Å²) in [5, 5.41) is 10.1. The maximum atomic E-state index is 11.0. The SMILES string of the molecule is CCCCCCCCCCCCOC(=O)/C=C\C(=O)[O-].[Na+]. The fourth-order valence-electron chi connectivity index (χ4n) is 1.95. The van der Waals surface area contributed by atoms with Crippen LogP contribution in [0.2, 0.25) is 0 Å². The summed E-state index contributed by atoms with van der Waals surface area (Å²) in [5.74, 6) is -2.01. The van der Waals surface area contributed by atoms with Crippen molar-refractivity contribution in [3.8, 4) is 0 Å². The van der Waals surface area contributed by atoms with Gasteiger partial charge in [0, 0.05) is 6.08 Å². The van der Waals surface area contributed by atoms with Crippen LogP contribution in [0.3, 0.4) is 0 Å². The molecule has 0 aliphatic carbocycles. The first-order chi connectivity index (χ1) is 9.66. The van der Waals surface area contributed by atoms with Crippen molar-refractivity contribution in [1.29, 1.82) is 0 Å². The second-order valence-electron chi connectivity index (χ2n) is 5.00. The number of unbranched alkanes of at least 4 members (excludes halogenated alkanes) is 9. The summed E-state index contributed by atoms with van der Waals surface area (Å²) in [4.78, 5) is 21.1. The molecule has 0 atom stereocenters. The van der Waals surface area contributed by atoms with Crippen molar-refractivity contribution in [2.24, 2.45) is 0 Å². The molecule has 0 unspecified atom stereocenters. The number of aliphatic carboxylic acids is 1. The van der Waals surface area contributed by atoms with E-state index in [0.717, 1.165) is 18.9 Å². The number of carboxylic acids is 1. The fraction of sp³-hybridized carbons (Fsp3) is 0.750. The van der Waals surface area contributed by atoms with E-state index in [1.807, 2.05) is 0 Å². The maximum absolute atomic E-state index is 11.0. The summed E-state index contributed by atoms with van der Waals surface area (Å²) in [6.07, 6.45) is 13.8. The number of rotatable bonds is 13. The van der Waals surface area contributed by atoms with Gasteiger partial charge in [0.15, 0.2) is 0 Å². The Balaban J connectivity index is 0. The topological polar surface area (TPSA) is 66.4 Å². The molecule has 0 aliphatic heterocycles. The van der Waals surface area contributed by atoms with Crippen LogP contribution in [0.4, 0.5) is 0 Å². The molecule has 0 aromatic rings. The van der Waals surface area contributed by atoms with E-state index < -0.39 is 11.9 Å². The number of hydrogen-bond donors (Lipinski definition) is 0. The van der Waals surface area contributed by atoms with E-state index in [2.05, 4.69) is 6.92 Å². The quantitative estimate of drug-likeness (QED) is 0.204. The molecular weight excluding hydrogens is 279 g/mol. The Morgan fingerprint density at radius 2 is 1.33 bits per heavy atom. The molecule has 0 saturated heterocycles. The number of carbonyl (C=O) groups is 2. The van der Waals surface area contributed by atoms with Crippen molar-refractivity contribution in [3.05, 3.63) is 12.2 Å². The van der Waals surface area contributed by atoms with Crippen LogP contribution in [0.25, 0.3) is 0 Å². The third-order valence-electron chi connectivity index (χ3n) is 3.10. The summed E-state index contributed by atoms with van der Waals surface area (Å²) in [7, 11) is 0. The minimum absolute atomic E-state index is 0. The van der Waals surface area contributed by atoms with Crippen molar-refractivity contribution < 1.29 is 49.0 Å². The number of carbonyl (C=O) groups excluding carboxylic acids is 2. The van der Waals surface area contributed by atoms with Gasteiger partial charge in [-0.25, -0.2) is 4.79 Å². The first-order valence-electron chi connectivity index (χ1n) is 7.72. The number of esters is 1. The Hall–Kier alpha value is -0.320. The minimum atomic E-state index is -1.39. The standard InChI is InChI=1S/C16H28O4.Na/c1-2-3-4-5-6-7-8-9-10-11-14-20-16(19)13-12-15(17)18;/h12-13H,2-11,14H2,1H3,(H,17,18);/q;+1/p-1/b13-12-;. The fourth-order valence-corrected chi connectivity index (χ4v) is 1.95. The van der Waals surface area contributed by atoms with E-state index in [1.165, 1.54) is 51.4 Å². The largest absolute Gasteiger partial charge is 1.00 e.